The van der Waals surface area contributed by atoms with E-state index in [1.54, 1.807) is 0 Å². The maximum Gasteiger partial charge on any atom is 0.308 e. The molecule has 0 amide bonds. The van der Waals surface area contributed by atoms with Crippen LogP contribution in [0.25, 0.3) is 0 Å². The average molecular weight is 206 g/mol. The molecule has 2 aliphatic carbocycles. The van der Waals surface area contributed by atoms with Crippen LogP contribution in [0.5, 0.6) is 0 Å². The number of alkyl halides is 2. The van der Waals surface area contributed by atoms with Crippen molar-refractivity contribution >= 4 is 6.04 Å². The van der Waals surface area contributed by atoms with Crippen LogP contribution in [-0.2, 0) is 4.79 Å². The molecule has 0 radical (unpaired) electrons. The summed E-state index contributed by atoms with van der Waals surface area (Å²) in [5.74, 6) is -3.38. The predicted octanol–water partition coefficient (Wildman–Crippen LogP) is 2.94. The third kappa shape index (κ3) is 0.766. The molecule has 1 nitrogen and oxygen atoms in total. The van der Waals surface area contributed by atoms with Crippen LogP contribution in [0.4, 0.5) is 13.2 Å². The highest BCUT2D eigenvalue weighted by atomic mass is 19.3. The molecule has 14 heavy (non-hydrogen) atoms. The second-order valence-electron chi connectivity index (χ2n) is 4.95. The van der Waals surface area contributed by atoms with Gasteiger partial charge < -0.3 is 0 Å². The fourth-order valence-corrected chi connectivity index (χ4v) is 3.24. The third-order valence-electron chi connectivity index (χ3n) is 4.67. The van der Waals surface area contributed by atoms with E-state index in [9.17, 15) is 18.0 Å². The highest BCUT2D eigenvalue weighted by molar-refractivity contribution is 5.78. The summed E-state index contributed by atoms with van der Waals surface area (Å²) >= 11 is 0. The summed E-state index contributed by atoms with van der Waals surface area (Å²) in [5.41, 5.74) is -2.94. The number of carbonyl (C=O) groups is 1. The van der Waals surface area contributed by atoms with E-state index in [1.807, 2.05) is 0 Å². The van der Waals surface area contributed by atoms with E-state index in [1.165, 1.54) is 13.8 Å². The first-order valence-corrected chi connectivity index (χ1v) is 4.83. The summed E-state index contributed by atoms with van der Waals surface area (Å²) in [7, 11) is 0. The Morgan fingerprint density at radius 3 is 2.14 bits per heavy atom. The van der Waals surface area contributed by atoms with Gasteiger partial charge in [0.1, 0.15) is 0 Å². The van der Waals surface area contributed by atoms with Crippen LogP contribution in [0.1, 0.15) is 33.1 Å². The van der Waals surface area contributed by atoms with Crippen molar-refractivity contribution in [1.29, 1.82) is 0 Å². The second-order valence-corrected chi connectivity index (χ2v) is 4.95. The molecule has 0 aromatic heterocycles. The Labute approximate surface area is 80.7 Å². The van der Waals surface area contributed by atoms with Gasteiger partial charge in [0, 0.05) is 11.8 Å². The van der Waals surface area contributed by atoms with E-state index >= 15 is 0 Å². The first-order chi connectivity index (χ1) is 6.26. The maximum absolute atomic E-state index is 13.6. The van der Waals surface area contributed by atoms with Gasteiger partial charge in [-0.2, -0.15) is 4.39 Å². The molecule has 3 atom stereocenters. The van der Waals surface area contributed by atoms with E-state index in [-0.39, 0.29) is 12.8 Å². The van der Waals surface area contributed by atoms with E-state index in [0.717, 1.165) is 0 Å². The van der Waals surface area contributed by atoms with Crippen LogP contribution in [0, 0.1) is 16.7 Å². The number of hydrogen-bond acceptors (Lipinski definition) is 1. The molecule has 0 heterocycles. The highest BCUT2D eigenvalue weighted by Crippen LogP contribution is 2.71. The van der Waals surface area contributed by atoms with Gasteiger partial charge in [0.05, 0.1) is 5.41 Å². The molecule has 0 N–H and O–H groups in total. The third-order valence-corrected chi connectivity index (χ3v) is 4.67. The van der Waals surface area contributed by atoms with Crippen molar-refractivity contribution in [2.75, 3.05) is 0 Å². The first kappa shape index (κ1) is 9.99. The molecule has 2 saturated carbocycles. The molecule has 0 saturated heterocycles. The predicted molar refractivity (Wildman–Crippen MR) is 44.6 cm³/mol. The lowest BCUT2D eigenvalue weighted by atomic mass is 9.68. The summed E-state index contributed by atoms with van der Waals surface area (Å²) in [5, 5.41) is 0. The monoisotopic (exact) mass is 206 g/mol. The fourth-order valence-electron chi connectivity index (χ4n) is 3.24. The lowest BCUT2D eigenvalue weighted by Crippen LogP contribution is -2.44. The normalized spacial score (nSPS) is 49.6. The zero-order valence-electron chi connectivity index (χ0n) is 8.24. The Bertz CT molecular complexity index is 302. The standard InChI is InChI=1S/C10H13F3O/c1-8-4-3-6(5-10(8,12)13)9(8,2)7(11)14/h6H,3-5H2,1-2H3/t6?,8?,9-/m0/s1. The van der Waals surface area contributed by atoms with Gasteiger partial charge in [0.25, 0.3) is 5.92 Å². The second kappa shape index (κ2) is 2.34. The molecule has 4 heteroatoms. The van der Waals surface area contributed by atoms with E-state index in [2.05, 4.69) is 0 Å². The van der Waals surface area contributed by atoms with Crippen molar-refractivity contribution in [3.05, 3.63) is 0 Å². The average Bonchev–Trinajstić information content (AvgIpc) is 2.37. The summed E-state index contributed by atoms with van der Waals surface area (Å²) in [6.45, 7) is 2.70. The van der Waals surface area contributed by atoms with Crippen molar-refractivity contribution in [3.8, 4) is 0 Å². The van der Waals surface area contributed by atoms with Crippen LogP contribution in [0.3, 0.4) is 0 Å². The molecule has 2 aliphatic rings. The van der Waals surface area contributed by atoms with Crippen molar-refractivity contribution in [3.63, 3.8) is 0 Å². The Morgan fingerprint density at radius 2 is 1.93 bits per heavy atom. The van der Waals surface area contributed by atoms with Crippen LogP contribution >= 0.6 is 0 Å². The molecule has 0 spiro atoms. The van der Waals surface area contributed by atoms with Crippen LogP contribution in [0.2, 0.25) is 0 Å². The lowest BCUT2D eigenvalue weighted by Gasteiger charge is -2.37. The molecule has 0 aliphatic heterocycles. The zero-order chi connectivity index (χ0) is 10.8. The van der Waals surface area contributed by atoms with Gasteiger partial charge >= 0.3 is 6.04 Å². The van der Waals surface area contributed by atoms with E-state index < -0.39 is 28.7 Å². The lowest BCUT2D eigenvalue weighted by molar-refractivity contribution is -0.160. The number of hydrogen-bond donors (Lipinski definition) is 0. The van der Waals surface area contributed by atoms with Crippen LogP contribution in [0.15, 0.2) is 0 Å². The molecule has 0 aromatic rings. The summed E-state index contributed by atoms with van der Waals surface area (Å²) < 4.78 is 40.1. The van der Waals surface area contributed by atoms with Gasteiger partial charge in [0.2, 0.25) is 0 Å². The fraction of sp³-hybridized carbons (Fsp3) is 0.900. The van der Waals surface area contributed by atoms with Crippen molar-refractivity contribution in [1.82, 2.24) is 0 Å². The van der Waals surface area contributed by atoms with Crippen molar-refractivity contribution in [2.45, 2.75) is 39.0 Å². The Morgan fingerprint density at radius 1 is 1.36 bits per heavy atom. The Hall–Kier alpha value is -0.540. The molecule has 0 aromatic carbocycles. The molecule has 2 bridgehead atoms. The first-order valence-electron chi connectivity index (χ1n) is 4.83. The number of halogens is 3. The zero-order valence-corrected chi connectivity index (χ0v) is 8.24. The minimum absolute atomic E-state index is 0.247. The van der Waals surface area contributed by atoms with Crippen molar-refractivity contribution in [2.24, 2.45) is 16.7 Å². The smallest absolute Gasteiger partial charge is 0.261 e. The molecule has 2 fully saturated rings. The van der Waals surface area contributed by atoms with Crippen LogP contribution in [-0.4, -0.2) is 12.0 Å². The Kier molecular flexibility index (Phi) is 1.67. The van der Waals surface area contributed by atoms with Gasteiger partial charge in [-0.25, -0.2) is 8.78 Å². The number of rotatable bonds is 1. The van der Waals surface area contributed by atoms with Gasteiger partial charge in [-0.3, -0.25) is 4.79 Å². The summed E-state index contributed by atoms with van der Waals surface area (Å²) in [6.07, 6.45) is 0.449. The topological polar surface area (TPSA) is 17.1 Å². The maximum atomic E-state index is 13.6. The highest BCUT2D eigenvalue weighted by Gasteiger charge is 2.75. The summed E-state index contributed by atoms with van der Waals surface area (Å²) in [6, 6.07) is -1.57. The van der Waals surface area contributed by atoms with Gasteiger partial charge in [-0.1, -0.05) is 6.92 Å². The quantitative estimate of drug-likeness (QED) is 0.603. The number of fused-ring (bicyclic) bond motifs is 2. The van der Waals surface area contributed by atoms with Crippen LogP contribution < -0.4 is 0 Å². The van der Waals surface area contributed by atoms with Gasteiger partial charge in [-0.05, 0) is 25.7 Å². The molecule has 2 rings (SSSR count). The van der Waals surface area contributed by atoms with Gasteiger partial charge in [-0.15, -0.1) is 0 Å². The molecular formula is C10H13F3O. The minimum atomic E-state index is -2.90. The number of carbonyl (C=O) groups excluding carboxylic acids is 1. The van der Waals surface area contributed by atoms with E-state index in [4.69, 9.17) is 0 Å². The summed E-state index contributed by atoms with van der Waals surface area (Å²) in [4.78, 5) is 10.9. The molecule has 80 valence electrons. The van der Waals surface area contributed by atoms with Gasteiger partial charge in [0.15, 0.2) is 0 Å². The largest absolute Gasteiger partial charge is 0.308 e. The molecule has 2 unspecified atom stereocenters. The van der Waals surface area contributed by atoms with Crippen molar-refractivity contribution < 1.29 is 18.0 Å². The molecular weight excluding hydrogens is 193 g/mol. The SMILES string of the molecule is CC12CCC(CC1(F)F)[C@@]2(C)C(=O)F. The Balaban J connectivity index is 2.53. The van der Waals surface area contributed by atoms with E-state index in [0.29, 0.717) is 6.42 Å². The minimum Gasteiger partial charge on any atom is -0.261 e.